The molecule has 5 nitrogen and oxygen atoms in total. The zero-order valence-corrected chi connectivity index (χ0v) is 18.5. The van der Waals surface area contributed by atoms with E-state index in [-0.39, 0.29) is 0 Å². The van der Waals surface area contributed by atoms with Crippen molar-refractivity contribution in [3.05, 3.63) is 35.4 Å². The van der Waals surface area contributed by atoms with Crippen LogP contribution in [-0.2, 0) is 13.1 Å². The van der Waals surface area contributed by atoms with Gasteiger partial charge in [-0.15, -0.1) is 0 Å². The van der Waals surface area contributed by atoms with Crippen LogP contribution in [-0.4, -0.2) is 55.0 Å². The zero-order chi connectivity index (χ0) is 20.4. The molecule has 28 heavy (non-hydrogen) atoms. The van der Waals surface area contributed by atoms with Gasteiger partial charge in [0.25, 0.3) is 0 Å². The predicted octanol–water partition coefficient (Wildman–Crippen LogP) is 3.44. The van der Waals surface area contributed by atoms with Gasteiger partial charge in [0, 0.05) is 25.7 Å². The number of hydrogen-bond acceptors (Lipinski definition) is 3. The Morgan fingerprint density at radius 3 is 2.46 bits per heavy atom. The molecule has 1 atom stereocenters. The van der Waals surface area contributed by atoms with Crippen molar-refractivity contribution in [2.24, 2.45) is 16.6 Å². The van der Waals surface area contributed by atoms with Crippen molar-refractivity contribution in [3.8, 4) is 0 Å². The van der Waals surface area contributed by atoms with Crippen LogP contribution >= 0.6 is 0 Å². The second-order valence-corrected chi connectivity index (χ2v) is 8.82. The van der Waals surface area contributed by atoms with Crippen LogP contribution in [0.15, 0.2) is 29.3 Å². The van der Waals surface area contributed by atoms with Crippen molar-refractivity contribution >= 4 is 5.96 Å². The summed E-state index contributed by atoms with van der Waals surface area (Å²) >= 11 is 0. The molecule has 0 radical (unpaired) electrons. The molecule has 1 saturated heterocycles. The highest BCUT2D eigenvalue weighted by Crippen LogP contribution is 2.11. The molecule has 1 aliphatic rings. The molecule has 1 unspecified atom stereocenters. The summed E-state index contributed by atoms with van der Waals surface area (Å²) in [6, 6.07) is 9.21. The maximum Gasteiger partial charge on any atom is 0.189 e. The number of aliphatic imine (C=N–C) groups is 1. The van der Waals surface area contributed by atoms with Gasteiger partial charge in [0.1, 0.15) is 0 Å². The molecule has 0 saturated carbocycles. The van der Waals surface area contributed by atoms with Gasteiger partial charge < -0.3 is 16.0 Å². The topological polar surface area (TPSA) is 56.9 Å². The van der Waals surface area contributed by atoms with E-state index in [0.29, 0.717) is 18.5 Å². The van der Waals surface area contributed by atoms with Crippen molar-refractivity contribution in [2.45, 2.75) is 65.6 Å². The third-order valence-corrected chi connectivity index (χ3v) is 5.49. The van der Waals surface area contributed by atoms with Gasteiger partial charge in [-0.05, 0) is 56.9 Å². The van der Waals surface area contributed by atoms with Crippen molar-refractivity contribution in [1.29, 1.82) is 0 Å². The second kappa shape index (κ2) is 12.1. The average molecular weight is 388 g/mol. The Hall–Kier alpha value is -1.59. The lowest BCUT2D eigenvalue weighted by Gasteiger charge is -2.20. The number of nitrogens with one attached hydrogen (secondary N) is 1. The van der Waals surface area contributed by atoms with E-state index < -0.39 is 0 Å². The van der Waals surface area contributed by atoms with E-state index in [2.05, 4.69) is 72.2 Å². The van der Waals surface area contributed by atoms with E-state index in [9.17, 15) is 0 Å². The highest BCUT2D eigenvalue weighted by atomic mass is 15.2. The first-order valence-electron chi connectivity index (χ1n) is 11.0. The van der Waals surface area contributed by atoms with Gasteiger partial charge >= 0.3 is 0 Å². The van der Waals surface area contributed by atoms with E-state index >= 15 is 0 Å². The van der Waals surface area contributed by atoms with Crippen molar-refractivity contribution < 1.29 is 0 Å². The molecular weight excluding hydrogens is 346 g/mol. The first-order valence-corrected chi connectivity index (χ1v) is 11.0. The fourth-order valence-corrected chi connectivity index (χ4v) is 3.65. The minimum atomic E-state index is 0.373. The first kappa shape index (κ1) is 22.7. The maximum atomic E-state index is 6.06. The number of hydrogen-bond donors (Lipinski definition) is 2. The molecule has 1 heterocycles. The van der Waals surface area contributed by atoms with E-state index in [1.54, 1.807) is 0 Å². The Morgan fingerprint density at radius 1 is 1.04 bits per heavy atom. The monoisotopic (exact) mass is 387 g/mol. The number of likely N-dealkylation sites (N-methyl/N-ethyl adjacent to an activating group) is 1. The third kappa shape index (κ3) is 9.07. The summed E-state index contributed by atoms with van der Waals surface area (Å²) < 4.78 is 0. The maximum absolute atomic E-state index is 6.06. The Balaban J connectivity index is 1.74. The number of benzene rings is 1. The van der Waals surface area contributed by atoms with Crippen LogP contribution in [0.1, 0.15) is 57.6 Å². The SMILES string of the molecule is CC(C)CCCC(C)NC(N)=NCc1ccc(CN2CCCN(C)CC2)cc1. The lowest BCUT2D eigenvalue weighted by Crippen LogP contribution is -2.38. The van der Waals surface area contributed by atoms with Crippen molar-refractivity contribution in [3.63, 3.8) is 0 Å². The molecule has 1 aromatic carbocycles. The molecule has 158 valence electrons. The fourth-order valence-electron chi connectivity index (χ4n) is 3.65. The van der Waals surface area contributed by atoms with E-state index in [0.717, 1.165) is 32.0 Å². The second-order valence-electron chi connectivity index (χ2n) is 8.82. The van der Waals surface area contributed by atoms with E-state index in [1.807, 2.05) is 0 Å². The molecule has 0 amide bonds. The van der Waals surface area contributed by atoms with Crippen molar-refractivity contribution in [2.75, 3.05) is 33.2 Å². The largest absolute Gasteiger partial charge is 0.370 e. The summed E-state index contributed by atoms with van der Waals surface area (Å²) in [5, 5.41) is 3.32. The van der Waals surface area contributed by atoms with Crippen LogP contribution < -0.4 is 11.1 Å². The van der Waals surface area contributed by atoms with E-state index in [1.165, 1.54) is 43.5 Å². The summed E-state index contributed by atoms with van der Waals surface area (Å²) in [4.78, 5) is 9.49. The summed E-state index contributed by atoms with van der Waals surface area (Å²) in [6.45, 7) is 13.1. The van der Waals surface area contributed by atoms with Gasteiger partial charge in [-0.2, -0.15) is 0 Å². The first-order chi connectivity index (χ1) is 13.4. The Kier molecular flexibility index (Phi) is 9.79. The summed E-state index contributed by atoms with van der Waals surface area (Å²) in [7, 11) is 2.21. The van der Waals surface area contributed by atoms with Crippen LogP contribution in [0.25, 0.3) is 0 Å². The summed E-state index contributed by atoms with van der Waals surface area (Å²) in [5.74, 6) is 1.32. The number of rotatable bonds is 9. The van der Waals surface area contributed by atoms with Crippen LogP contribution in [0.2, 0.25) is 0 Å². The molecule has 1 aliphatic heterocycles. The molecule has 5 heteroatoms. The minimum Gasteiger partial charge on any atom is -0.370 e. The molecule has 0 aromatic heterocycles. The average Bonchev–Trinajstić information content (AvgIpc) is 2.85. The quantitative estimate of drug-likeness (QED) is 0.503. The van der Waals surface area contributed by atoms with Gasteiger partial charge in [-0.3, -0.25) is 4.90 Å². The molecule has 2 rings (SSSR count). The van der Waals surface area contributed by atoms with Gasteiger partial charge in [-0.1, -0.05) is 51.0 Å². The van der Waals surface area contributed by atoms with Crippen LogP contribution in [0.5, 0.6) is 0 Å². The molecule has 1 fully saturated rings. The fraction of sp³-hybridized carbons (Fsp3) is 0.696. The third-order valence-electron chi connectivity index (χ3n) is 5.49. The van der Waals surface area contributed by atoms with Gasteiger partial charge in [0.05, 0.1) is 6.54 Å². The Morgan fingerprint density at radius 2 is 1.75 bits per heavy atom. The number of guanidine groups is 1. The zero-order valence-electron chi connectivity index (χ0n) is 18.5. The van der Waals surface area contributed by atoms with Crippen molar-refractivity contribution in [1.82, 2.24) is 15.1 Å². The Labute approximate surface area is 172 Å². The molecule has 0 spiro atoms. The normalized spacial score (nSPS) is 18.2. The van der Waals surface area contributed by atoms with E-state index in [4.69, 9.17) is 5.73 Å². The molecule has 1 aromatic rings. The lowest BCUT2D eigenvalue weighted by atomic mass is 10.0. The Bertz CT molecular complexity index is 581. The summed E-state index contributed by atoms with van der Waals surface area (Å²) in [6.07, 6.45) is 4.89. The highest BCUT2D eigenvalue weighted by molar-refractivity contribution is 5.78. The van der Waals surface area contributed by atoms with Gasteiger partial charge in [0.2, 0.25) is 0 Å². The molecular formula is C23H41N5. The number of nitrogens with zero attached hydrogens (tertiary/aromatic N) is 3. The van der Waals surface area contributed by atoms with Crippen LogP contribution in [0.4, 0.5) is 0 Å². The number of nitrogens with two attached hydrogens (primary N) is 1. The summed E-state index contributed by atoms with van der Waals surface area (Å²) in [5.41, 5.74) is 8.64. The van der Waals surface area contributed by atoms with Gasteiger partial charge in [0.15, 0.2) is 5.96 Å². The smallest absolute Gasteiger partial charge is 0.189 e. The lowest BCUT2D eigenvalue weighted by molar-refractivity contribution is 0.269. The standard InChI is InChI=1S/C23H41N5/c1-19(2)7-5-8-20(3)26-23(24)25-17-21-9-11-22(12-10-21)18-28-14-6-13-27(4)15-16-28/h9-12,19-20H,5-8,13-18H2,1-4H3,(H3,24,25,26). The molecule has 3 N–H and O–H groups in total. The van der Waals surface area contributed by atoms with Crippen LogP contribution in [0.3, 0.4) is 0 Å². The minimum absolute atomic E-state index is 0.373. The van der Waals surface area contributed by atoms with Crippen LogP contribution in [0, 0.1) is 5.92 Å². The highest BCUT2D eigenvalue weighted by Gasteiger charge is 2.12. The predicted molar refractivity (Wildman–Crippen MR) is 120 cm³/mol. The van der Waals surface area contributed by atoms with Gasteiger partial charge in [-0.25, -0.2) is 4.99 Å². The molecule has 0 aliphatic carbocycles. The molecule has 0 bridgehead atoms.